The second-order valence-electron chi connectivity index (χ2n) is 13.3. The average Bonchev–Trinajstić information content (AvgIpc) is 3.56. The Balaban J connectivity index is 1.18. The van der Waals surface area contributed by atoms with Crippen molar-refractivity contribution in [2.75, 3.05) is 11.5 Å². The lowest BCUT2D eigenvalue weighted by Crippen LogP contribution is -2.29. The van der Waals surface area contributed by atoms with Gasteiger partial charge >= 0.3 is 0 Å². The normalized spacial score (nSPS) is 16.5. The third-order valence-electron chi connectivity index (χ3n) is 8.46. The minimum Gasteiger partial charge on any atom is -0.494 e. The second kappa shape index (κ2) is 13.2. The largest absolute Gasteiger partial charge is 0.494 e. The molecular formula is C31H46N2O6S2. The van der Waals surface area contributed by atoms with E-state index in [4.69, 9.17) is 0 Å². The smallest absolute Gasteiger partial charge is 0.254 e. The number of pyridine rings is 2. The van der Waals surface area contributed by atoms with Crippen LogP contribution in [0.4, 0.5) is 0 Å². The van der Waals surface area contributed by atoms with Crippen molar-refractivity contribution in [2.24, 2.45) is 10.8 Å². The topological polar surface area (TPSA) is 125 Å². The molecule has 2 unspecified atom stereocenters. The van der Waals surface area contributed by atoms with Gasteiger partial charge in [0, 0.05) is 57.6 Å². The van der Waals surface area contributed by atoms with Crippen molar-refractivity contribution in [2.45, 2.75) is 121 Å². The first-order chi connectivity index (χ1) is 19.3. The van der Waals surface area contributed by atoms with Gasteiger partial charge in [-0.2, -0.15) is 0 Å². The third kappa shape index (κ3) is 8.15. The summed E-state index contributed by atoms with van der Waals surface area (Å²) in [6.07, 6.45) is 5.02. The molecule has 2 aromatic heterocycles. The van der Waals surface area contributed by atoms with E-state index >= 15 is 0 Å². The van der Waals surface area contributed by atoms with Gasteiger partial charge < -0.3 is 20.4 Å². The van der Waals surface area contributed by atoms with Crippen LogP contribution in [0.15, 0.2) is 31.5 Å². The number of aromatic hydroxyl groups is 2. The molecule has 0 aliphatic carbocycles. The summed E-state index contributed by atoms with van der Waals surface area (Å²) < 4.78 is 2.94. The van der Waals surface area contributed by atoms with Gasteiger partial charge in [-0.1, -0.05) is 27.7 Å². The summed E-state index contributed by atoms with van der Waals surface area (Å²) in [5, 5.41) is 42.6. The SMILES string of the molecule is CC(C)(CCC(O)CCCC(O)CCC(C)(C)Cn1c(O)c2c(cc1=O)SCC2)Cn1c(O)c2c(cc1=O)SCC2. The molecule has 4 heterocycles. The fourth-order valence-corrected chi connectivity index (χ4v) is 8.03. The molecule has 2 aromatic rings. The van der Waals surface area contributed by atoms with Crippen LogP contribution in [0.25, 0.3) is 0 Å². The highest BCUT2D eigenvalue weighted by molar-refractivity contribution is 7.99. The van der Waals surface area contributed by atoms with Crippen LogP contribution in [0.5, 0.6) is 11.8 Å². The number of nitrogens with zero attached hydrogens (tertiary/aromatic N) is 2. The third-order valence-corrected chi connectivity index (χ3v) is 10.6. The van der Waals surface area contributed by atoms with Gasteiger partial charge in [0.05, 0.1) is 12.2 Å². The Morgan fingerprint density at radius 1 is 0.732 bits per heavy atom. The molecule has 4 rings (SSSR count). The minimum atomic E-state index is -0.493. The molecule has 0 spiro atoms. The molecule has 10 heteroatoms. The van der Waals surface area contributed by atoms with E-state index in [0.717, 1.165) is 45.3 Å². The van der Waals surface area contributed by atoms with E-state index in [2.05, 4.69) is 27.7 Å². The highest BCUT2D eigenvalue weighted by Gasteiger charge is 2.27. The molecule has 0 saturated heterocycles. The number of hydrogen-bond donors (Lipinski definition) is 4. The molecule has 0 fully saturated rings. The van der Waals surface area contributed by atoms with Crippen molar-refractivity contribution in [3.63, 3.8) is 0 Å². The van der Waals surface area contributed by atoms with E-state index < -0.39 is 12.2 Å². The Morgan fingerprint density at radius 2 is 1.12 bits per heavy atom. The molecule has 8 nitrogen and oxygen atoms in total. The van der Waals surface area contributed by atoms with Crippen LogP contribution in [-0.4, -0.2) is 53.3 Å². The number of aliphatic hydroxyl groups is 2. The minimum absolute atomic E-state index is 0.0820. The van der Waals surface area contributed by atoms with Crippen LogP contribution in [0.2, 0.25) is 0 Å². The van der Waals surface area contributed by atoms with E-state index in [1.807, 2.05) is 0 Å². The van der Waals surface area contributed by atoms with Gasteiger partial charge in [-0.15, -0.1) is 23.5 Å². The number of aliphatic hydroxyl groups excluding tert-OH is 2. The first-order valence-electron chi connectivity index (χ1n) is 14.8. The standard InChI is InChI=1S/C31H46N2O6S2/c1-30(2,18-32-26(36)16-24-22(28(32)38)10-14-40-24)12-8-20(34)6-5-7-21(35)9-13-31(3,4)19-33-27(37)17-25-23(29(33)39)11-15-41-25/h16-17,20-21,34-35,38-39H,5-15,18-19H2,1-4H3. The van der Waals surface area contributed by atoms with E-state index in [9.17, 15) is 30.0 Å². The van der Waals surface area contributed by atoms with Crippen molar-refractivity contribution in [1.82, 2.24) is 9.13 Å². The molecule has 0 amide bonds. The molecule has 4 N–H and O–H groups in total. The maximum Gasteiger partial charge on any atom is 0.254 e. The lowest BCUT2D eigenvalue weighted by molar-refractivity contribution is 0.102. The lowest BCUT2D eigenvalue weighted by atomic mass is 9.85. The van der Waals surface area contributed by atoms with Crippen molar-refractivity contribution in [3.05, 3.63) is 44.0 Å². The predicted octanol–water partition coefficient (Wildman–Crippen LogP) is 4.92. The quantitative estimate of drug-likeness (QED) is 0.239. The molecule has 0 bridgehead atoms. The fourth-order valence-electron chi connectivity index (χ4n) is 5.88. The second-order valence-corrected chi connectivity index (χ2v) is 15.6. The van der Waals surface area contributed by atoms with Gasteiger partial charge in [-0.05, 0) is 68.6 Å². The van der Waals surface area contributed by atoms with Crippen LogP contribution in [0.3, 0.4) is 0 Å². The Bertz CT molecular complexity index is 1250. The molecular weight excluding hydrogens is 560 g/mol. The van der Waals surface area contributed by atoms with Crippen molar-refractivity contribution < 1.29 is 20.4 Å². The molecule has 0 aromatic carbocycles. The van der Waals surface area contributed by atoms with Crippen molar-refractivity contribution >= 4 is 23.5 Å². The fraction of sp³-hybridized carbons (Fsp3) is 0.677. The zero-order valence-corrected chi connectivity index (χ0v) is 26.5. The molecule has 0 saturated carbocycles. The Labute approximate surface area is 251 Å². The molecule has 0 radical (unpaired) electrons. The van der Waals surface area contributed by atoms with Gasteiger partial charge in [0.1, 0.15) is 0 Å². The number of aromatic nitrogens is 2. The van der Waals surface area contributed by atoms with Crippen molar-refractivity contribution in [3.8, 4) is 11.8 Å². The monoisotopic (exact) mass is 606 g/mol. The molecule has 2 aliphatic rings. The molecule has 2 atom stereocenters. The maximum atomic E-state index is 12.6. The average molecular weight is 607 g/mol. The maximum absolute atomic E-state index is 12.6. The summed E-state index contributed by atoms with van der Waals surface area (Å²) >= 11 is 3.22. The summed E-state index contributed by atoms with van der Waals surface area (Å²) in [7, 11) is 0. The summed E-state index contributed by atoms with van der Waals surface area (Å²) in [6, 6.07) is 3.25. The van der Waals surface area contributed by atoms with Crippen LogP contribution >= 0.6 is 23.5 Å². The molecule has 41 heavy (non-hydrogen) atoms. The first kappa shape index (κ1) is 32.0. The van der Waals surface area contributed by atoms with Gasteiger partial charge in [-0.25, -0.2) is 0 Å². The molecule has 2 aliphatic heterocycles. The van der Waals surface area contributed by atoms with Gasteiger partial charge in [0.15, 0.2) is 11.8 Å². The number of rotatable bonds is 14. The number of hydrogen-bond acceptors (Lipinski definition) is 8. The first-order valence-corrected chi connectivity index (χ1v) is 16.8. The summed E-state index contributed by atoms with van der Waals surface area (Å²) in [5.74, 6) is 1.93. The van der Waals surface area contributed by atoms with E-state index in [1.54, 1.807) is 35.7 Å². The zero-order valence-electron chi connectivity index (χ0n) is 24.8. The summed E-state index contributed by atoms with van der Waals surface area (Å²) in [4.78, 5) is 26.9. The van der Waals surface area contributed by atoms with E-state index in [0.29, 0.717) is 58.0 Å². The predicted molar refractivity (Wildman–Crippen MR) is 165 cm³/mol. The Kier molecular flexibility index (Phi) is 10.3. The van der Waals surface area contributed by atoms with Crippen LogP contribution in [0, 0.1) is 10.8 Å². The van der Waals surface area contributed by atoms with Gasteiger partial charge in [-0.3, -0.25) is 18.7 Å². The highest BCUT2D eigenvalue weighted by atomic mass is 32.2. The Hall–Kier alpha value is -1.88. The number of thioether (sulfide) groups is 2. The van der Waals surface area contributed by atoms with Crippen LogP contribution < -0.4 is 11.1 Å². The van der Waals surface area contributed by atoms with Crippen LogP contribution in [0.1, 0.15) is 83.8 Å². The lowest BCUT2D eigenvalue weighted by Gasteiger charge is -2.28. The number of fused-ring (bicyclic) bond motifs is 2. The van der Waals surface area contributed by atoms with Crippen LogP contribution in [-0.2, 0) is 25.9 Å². The molecule has 228 valence electrons. The van der Waals surface area contributed by atoms with Crippen molar-refractivity contribution in [1.29, 1.82) is 0 Å². The van der Waals surface area contributed by atoms with Gasteiger partial charge in [0.2, 0.25) is 0 Å². The van der Waals surface area contributed by atoms with Gasteiger partial charge in [0.25, 0.3) is 11.1 Å². The zero-order chi connectivity index (χ0) is 29.9. The van der Waals surface area contributed by atoms with E-state index in [1.165, 1.54) is 9.13 Å². The Morgan fingerprint density at radius 3 is 1.51 bits per heavy atom. The summed E-state index contributed by atoms with van der Waals surface area (Å²) in [5.41, 5.74) is 0.806. The highest BCUT2D eigenvalue weighted by Crippen LogP contribution is 2.38. The summed E-state index contributed by atoms with van der Waals surface area (Å²) in [6.45, 7) is 8.99. The van der Waals surface area contributed by atoms with E-state index in [-0.39, 0.29) is 33.7 Å².